The van der Waals surface area contributed by atoms with Crippen molar-refractivity contribution in [2.24, 2.45) is 0 Å². The number of carbonyl (C=O) groups excluding carboxylic acids is 1. The largest absolute Gasteiger partial charge is 0.496 e. The van der Waals surface area contributed by atoms with Crippen molar-refractivity contribution in [2.75, 3.05) is 24.4 Å². The van der Waals surface area contributed by atoms with Gasteiger partial charge in [0, 0.05) is 40.1 Å². The molecule has 2 amide bonds. The molecular weight excluding hydrogens is 324 g/mol. The van der Waals surface area contributed by atoms with Crippen LogP contribution in [0.25, 0.3) is 11.1 Å². The summed E-state index contributed by atoms with van der Waals surface area (Å²) in [6.07, 6.45) is 1.62. The molecule has 2 unspecified atom stereocenters. The number of hydrogen-bond donors (Lipinski definition) is 2. The van der Waals surface area contributed by atoms with E-state index < -0.39 is 10.8 Å². The van der Waals surface area contributed by atoms with Crippen LogP contribution in [-0.4, -0.2) is 35.4 Å². The number of methoxy groups -OCH3 is 1. The van der Waals surface area contributed by atoms with Crippen LogP contribution < -0.4 is 15.4 Å². The van der Waals surface area contributed by atoms with Gasteiger partial charge in [-0.3, -0.25) is 4.21 Å². The first kappa shape index (κ1) is 18.0. The van der Waals surface area contributed by atoms with Crippen molar-refractivity contribution < 1.29 is 13.7 Å². The Morgan fingerprint density at radius 3 is 2.67 bits per heavy atom. The monoisotopic (exact) mass is 346 g/mol. The van der Waals surface area contributed by atoms with Gasteiger partial charge in [-0.1, -0.05) is 30.3 Å². The number of amides is 2. The molecule has 2 aromatic carbocycles. The van der Waals surface area contributed by atoms with Crippen LogP contribution >= 0.6 is 0 Å². The predicted molar refractivity (Wildman–Crippen MR) is 99.0 cm³/mol. The lowest BCUT2D eigenvalue weighted by molar-refractivity contribution is 0.250. The fourth-order valence-corrected chi connectivity index (χ4v) is 3.22. The number of carbonyl (C=O) groups is 1. The van der Waals surface area contributed by atoms with Gasteiger partial charge in [0.15, 0.2) is 0 Å². The first-order chi connectivity index (χ1) is 11.5. The fourth-order valence-electron chi connectivity index (χ4n) is 2.43. The molecule has 0 aromatic heterocycles. The molecule has 0 saturated heterocycles. The van der Waals surface area contributed by atoms with Crippen molar-refractivity contribution in [1.29, 1.82) is 0 Å². The van der Waals surface area contributed by atoms with Crippen molar-refractivity contribution in [2.45, 2.75) is 13.0 Å². The van der Waals surface area contributed by atoms with E-state index in [1.54, 1.807) is 13.4 Å². The summed E-state index contributed by atoms with van der Waals surface area (Å²) in [5, 5.41) is 5.58. The van der Waals surface area contributed by atoms with E-state index in [1.807, 2.05) is 55.5 Å². The third kappa shape index (κ3) is 5.09. The van der Waals surface area contributed by atoms with Crippen LogP contribution in [0.5, 0.6) is 5.75 Å². The number of ether oxygens (including phenoxy) is 1. The Bertz CT molecular complexity index is 734. The number of anilines is 1. The average molecular weight is 346 g/mol. The molecule has 2 N–H and O–H groups in total. The van der Waals surface area contributed by atoms with E-state index in [2.05, 4.69) is 10.6 Å². The molecular formula is C18H22N2O3S. The standard InChI is InChI=1S/C18H22N2O3S/c1-13(12-24(3)22)19-18(21)20-15-8-6-7-14(11-15)16-9-4-5-10-17(16)23-2/h4-11,13H,12H2,1-3H3,(H2,19,20,21). The van der Waals surface area contributed by atoms with Gasteiger partial charge in [0.25, 0.3) is 0 Å². The van der Waals surface area contributed by atoms with Gasteiger partial charge in [-0.15, -0.1) is 0 Å². The van der Waals surface area contributed by atoms with Crippen LogP contribution in [0, 0.1) is 0 Å². The highest BCUT2D eigenvalue weighted by molar-refractivity contribution is 7.84. The minimum atomic E-state index is -0.947. The molecule has 5 nitrogen and oxygen atoms in total. The Morgan fingerprint density at radius 1 is 1.21 bits per heavy atom. The van der Waals surface area contributed by atoms with Crippen LogP contribution in [0.1, 0.15) is 6.92 Å². The Labute approximate surface area is 144 Å². The van der Waals surface area contributed by atoms with Crippen molar-refractivity contribution in [3.63, 3.8) is 0 Å². The summed E-state index contributed by atoms with van der Waals surface area (Å²) in [6.45, 7) is 1.83. The van der Waals surface area contributed by atoms with Crippen molar-refractivity contribution in [1.82, 2.24) is 5.32 Å². The lowest BCUT2D eigenvalue weighted by Crippen LogP contribution is -2.39. The van der Waals surface area contributed by atoms with Crippen LogP contribution in [0.3, 0.4) is 0 Å². The van der Waals surface area contributed by atoms with E-state index in [-0.39, 0.29) is 12.1 Å². The number of hydrogen-bond acceptors (Lipinski definition) is 3. The van der Waals surface area contributed by atoms with Gasteiger partial charge in [0.1, 0.15) is 5.75 Å². The maximum absolute atomic E-state index is 12.0. The van der Waals surface area contributed by atoms with E-state index in [9.17, 15) is 9.00 Å². The zero-order chi connectivity index (χ0) is 17.5. The topological polar surface area (TPSA) is 67.4 Å². The van der Waals surface area contributed by atoms with Gasteiger partial charge in [0.05, 0.1) is 7.11 Å². The Morgan fingerprint density at radius 2 is 1.96 bits per heavy atom. The Hall–Kier alpha value is -2.34. The maximum Gasteiger partial charge on any atom is 0.319 e. The minimum Gasteiger partial charge on any atom is -0.496 e. The summed E-state index contributed by atoms with van der Waals surface area (Å²) in [5.74, 6) is 1.20. The molecule has 0 heterocycles. The first-order valence-corrected chi connectivity index (χ1v) is 9.33. The van der Waals surface area contributed by atoms with Crippen LogP contribution in [0.15, 0.2) is 48.5 Å². The quantitative estimate of drug-likeness (QED) is 0.844. The molecule has 0 aliphatic heterocycles. The summed E-state index contributed by atoms with van der Waals surface area (Å²) < 4.78 is 16.6. The summed E-state index contributed by atoms with van der Waals surface area (Å²) >= 11 is 0. The maximum atomic E-state index is 12.0. The normalized spacial score (nSPS) is 13.0. The molecule has 0 saturated carbocycles. The van der Waals surface area contributed by atoms with Gasteiger partial charge < -0.3 is 15.4 Å². The number of para-hydroxylation sites is 1. The molecule has 0 fully saturated rings. The molecule has 2 aromatic rings. The summed E-state index contributed by atoms with van der Waals surface area (Å²) in [5.41, 5.74) is 2.59. The smallest absolute Gasteiger partial charge is 0.319 e. The van der Waals surface area contributed by atoms with Crippen LogP contribution in [-0.2, 0) is 10.8 Å². The van der Waals surface area contributed by atoms with Gasteiger partial charge in [-0.05, 0) is 30.7 Å². The third-order valence-corrected chi connectivity index (χ3v) is 4.37. The molecule has 0 aliphatic carbocycles. The second-order valence-electron chi connectivity index (χ2n) is 5.52. The third-order valence-electron chi connectivity index (χ3n) is 3.40. The fraction of sp³-hybridized carbons (Fsp3) is 0.278. The SMILES string of the molecule is COc1ccccc1-c1cccc(NC(=O)NC(C)CS(C)=O)c1. The number of rotatable bonds is 6. The van der Waals surface area contributed by atoms with Gasteiger partial charge in [0.2, 0.25) is 0 Å². The van der Waals surface area contributed by atoms with Crippen LogP contribution in [0.2, 0.25) is 0 Å². The molecule has 6 heteroatoms. The van der Waals surface area contributed by atoms with E-state index in [4.69, 9.17) is 4.74 Å². The second kappa shape index (κ2) is 8.49. The molecule has 0 radical (unpaired) electrons. The van der Waals surface area contributed by atoms with Gasteiger partial charge in [-0.25, -0.2) is 4.79 Å². The average Bonchev–Trinajstić information content (AvgIpc) is 2.54. The molecule has 24 heavy (non-hydrogen) atoms. The van der Waals surface area contributed by atoms with E-state index in [0.717, 1.165) is 16.9 Å². The highest BCUT2D eigenvalue weighted by Crippen LogP contribution is 2.30. The van der Waals surface area contributed by atoms with Crippen molar-refractivity contribution >= 4 is 22.5 Å². The lowest BCUT2D eigenvalue weighted by atomic mass is 10.0. The van der Waals surface area contributed by atoms with Crippen LogP contribution in [0.4, 0.5) is 10.5 Å². The lowest BCUT2D eigenvalue weighted by Gasteiger charge is -2.14. The van der Waals surface area contributed by atoms with E-state index in [1.165, 1.54) is 0 Å². The molecule has 2 atom stereocenters. The number of nitrogens with one attached hydrogen (secondary N) is 2. The van der Waals surface area contributed by atoms with Crippen molar-refractivity contribution in [3.8, 4) is 16.9 Å². The number of benzene rings is 2. The molecule has 2 rings (SSSR count). The summed E-state index contributed by atoms with van der Waals surface area (Å²) in [4.78, 5) is 12.0. The molecule has 128 valence electrons. The first-order valence-electron chi connectivity index (χ1n) is 7.60. The minimum absolute atomic E-state index is 0.159. The highest BCUT2D eigenvalue weighted by Gasteiger charge is 2.10. The van der Waals surface area contributed by atoms with E-state index >= 15 is 0 Å². The molecule has 0 bridgehead atoms. The zero-order valence-corrected chi connectivity index (χ0v) is 14.9. The van der Waals surface area contributed by atoms with Gasteiger partial charge in [-0.2, -0.15) is 0 Å². The van der Waals surface area contributed by atoms with Gasteiger partial charge >= 0.3 is 6.03 Å². The second-order valence-corrected chi connectivity index (χ2v) is 7.00. The van der Waals surface area contributed by atoms with E-state index in [0.29, 0.717) is 11.4 Å². The molecule has 0 aliphatic rings. The summed E-state index contributed by atoms with van der Waals surface area (Å²) in [6, 6.07) is 14.8. The Kier molecular flexibility index (Phi) is 6.37. The Balaban J connectivity index is 2.10. The predicted octanol–water partition coefficient (Wildman–Crippen LogP) is 3.25. The summed E-state index contributed by atoms with van der Waals surface area (Å²) in [7, 11) is 0.685. The highest BCUT2D eigenvalue weighted by atomic mass is 32.2. The molecule has 0 spiro atoms. The van der Waals surface area contributed by atoms with Crippen molar-refractivity contribution in [3.05, 3.63) is 48.5 Å². The zero-order valence-electron chi connectivity index (χ0n) is 14.0. The number of urea groups is 1.